The smallest absolute Gasteiger partial charge is 0.338 e. The maximum Gasteiger partial charge on any atom is 0.338 e. The van der Waals surface area contributed by atoms with Gasteiger partial charge >= 0.3 is 5.97 Å². The molecule has 168 valence electrons. The number of carbonyl (C=O) groups excluding carboxylic acids is 2. The number of ether oxygens (including phenoxy) is 1. The van der Waals surface area contributed by atoms with E-state index in [0.717, 1.165) is 6.42 Å². The summed E-state index contributed by atoms with van der Waals surface area (Å²) in [6.07, 6.45) is 1.03. The van der Waals surface area contributed by atoms with Gasteiger partial charge < -0.3 is 10.1 Å². The minimum absolute atomic E-state index is 0.0106. The first-order valence-corrected chi connectivity index (χ1v) is 11.8. The largest absolute Gasteiger partial charge is 0.452 e. The number of benzene rings is 2. The molecule has 0 radical (unpaired) electrons. The topological polar surface area (TPSA) is 92.8 Å². The number of nitrogens with zero attached hydrogens (tertiary/aromatic N) is 1. The number of sulfonamides is 1. The van der Waals surface area contributed by atoms with Gasteiger partial charge in [0.05, 0.1) is 10.5 Å². The van der Waals surface area contributed by atoms with Crippen LogP contribution in [0.3, 0.4) is 0 Å². The molecule has 0 aliphatic rings. The number of hydrogen-bond acceptors (Lipinski definition) is 5. The van der Waals surface area contributed by atoms with Crippen molar-refractivity contribution in [3.63, 3.8) is 0 Å². The molecule has 2 aromatic carbocycles. The van der Waals surface area contributed by atoms with Crippen molar-refractivity contribution in [3.8, 4) is 0 Å². The second kappa shape index (κ2) is 11.1. The van der Waals surface area contributed by atoms with Crippen LogP contribution in [0.15, 0.2) is 53.4 Å². The lowest BCUT2D eigenvalue weighted by molar-refractivity contribution is -0.119. The molecule has 0 aliphatic heterocycles. The first-order valence-electron chi connectivity index (χ1n) is 10.4. The van der Waals surface area contributed by atoms with Gasteiger partial charge in [0.25, 0.3) is 5.91 Å². The van der Waals surface area contributed by atoms with E-state index < -0.39 is 28.5 Å². The molecule has 0 heterocycles. The molecule has 0 aliphatic carbocycles. The molecule has 7 nitrogen and oxygen atoms in total. The summed E-state index contributed by atoms with van der Waals surface area (Å²) in [6, 6.07) is 13.2. The van der Waals surface area contributed by atoms with E-state index in [0.29, 0.717) is 24.7 Å². The first-order chi connectivity index (χ1) is 14.7. The van der Waals surface area contributed by atoms with Crippen LogP contribution in [0.5, 0.6) is 0 Å². The summed E-state index contributed by atoms with van der Waals surface area (Å²) in [4.78, 5) is 24.5. The molecule has 31 heavy (non-hydrogen) atoms. The summed E-state index contributed by atoms with van der Waals surface area (Å²) in [5.41, 5.74) is 1.87. The molecule has 1 amide bonds. The predicted molar refractivity (Wildman–Crippen MR) is 121 cm³/mol. The molecule has 0 spiro atoms. The lowest BCUT2D eigenvalue weighted by Crippen LogP contribution is -2.30. The second-order valence-electron chi connectivity index (χ2n) is 7.17. The SMILES string of the molecule is CC[C@@H](C)c1ccc(NC(=O)COC(=O)c2cccc(S(=O)(=O)N(CC)CC)c2)cc1. The van der Waals surface area contributed by atoms with Gasteiger partial charge in [-0.15, -0.1) is 0 Å². The van der Waals surface area contributed by atoms with E-state index >= 15 is 0 Å². The molecular formula is C23H30N2O5S. The predicted octanol–water partition coefficient (Wildman–Crippen LogP) is 4.03. The Morgan fingerprint density at radius 2 is 1.68 bits per heavy atom. The highest BCUT2D eigenvalue weighted by Crippen LogP contribution is 2.20. The van der Waals surface area contributed by atoms with Gasteiger partial charge in [-0.05, 0) is 48.2 Å². The Morgan fingerprint density at radius 3 is 2.26 bits per heavy atom. The van der Waals surface area contributed by atoms with Crippen molar-refractivity contribution in [1.29, 1.82) is 0 Å². The summed E-state index contributed by atoms with van der Waals surface area (Å²) in [5.74, 6) is -0.803. The van der Waals surface area contributed by atoms with Gasteiger partial charge in [0.1, 0.15) is 0 Å². The van der Waals surface area contributed by atoms with Crippen LogP contribution >= 0.6 is 0 Å². The van der Waals surface area contributed by atoms with Crippen LogP contribution in [-0.4, -0.2) is 44.3 Å². The minimum Gasteiger partial charge on any atom is -0.452 e. The molecule has 0 fully saturated rings. The average Bonchev–Trinajstić information content (AvgIpc) is 2.78. The first kappa shape index (κ1) is 24.6. The van der Waals surface area contributed by atoms with E-state index in [2.05, 4.69) is 19.2 Å². The van der Waals surface area contributed by atoms with Crippen LogP contribution < -0.4 is 5.32 Å². The molecular weight excluding hydrogens is 416 g/mol. The van der Waals surface area contributed by atoms with Crippen molar-refractivity contribution in [1.82, 2.24) is 4.31 Å². The van der Waals surface area contributed by atoms with Crippen molar-refractivity contribution in [2.75, 3.05) is 25.0 Å². The van der Waals surface area contributed by atoms with E-state index in [1.807, 2.05) is 24.3 Å². The monoisotopic (exact) mass is 446 g/mol. The fourth-order valence-corrected chi connectivity index (χ4v) is 4.54. The van der Waals surface area contributed by atoms with Gasteiger partial charge in [0, 0.05) is 18.8 Å². The van der Waals surface area contributed by atoms with Crippen molar-refractivity contribution in [2.45, 2.75) is 44.9 Å². The standard InChI is InChI=1S/C23H30N2O5S/c1-5-17(4)18-11-13-20(14-12-18)24-22(26)16-30-23(27)19-9-8-10-21(15-19)31(28,29)25(6-2)7-3/h8-15,17H,5-7,16H2,1-4H3,(H,24,26)/t17-/m1/s1. The van der Waals surface area contributed by atoms with Crippen LogP contribution in [0.25, 0.3) is 0 Å². The van der Waals surface area contributed by atoms with E-state index in [9.17, 15) is 18.0 Å². The average molecular weight is 447 g/mol. The summed E-state index contributed by atoms with van der Waals surface area (Å²) in [7, 11) is -3.69. The molecule has 2 aromatic rings. The zero-order chi connectivity index (χ0) is 23.0. The zero-order valence-corrected chi connectivity index (χ0v) is 19.2. The van der Waals surface area contributed by atoms with Crippen LogP contribution in [0, 0.1) is 0 Å². The maximum atomic E-state index is 12.6. The summed E-state index contributed by atoms with van der Waals surface area (Å²) < 4.78 is 31.6. The number of esters is 1. The van der Waals surface area contributed by atoms with Crippen LogP contribution in [0.1, 0.15) is 56.0 Å². The molecule has 2 rings (SSSR count). The lowest BCUT2D eigenvalue weighted by Gasteiger charge is -2.18. The number of anilines is 1. The third kappa shape index (κ3) is 6.38. The lowest BCUT2D eigenvalue weighted by atomic mass is 9.99. The van der Waals surface area contributed by atoms with Crippen molar-refractivity contribution < 1.29 is 22.7 Å². The van der Waals surface area contributed by atoms with E-state index in [-0.39, 0.29) is 10.5 Å². The molecule has 8 heteroatoms. The van der Waals surface area contributed by atoms with Gasteiger partial charge in [0.15, 0.2) is 6.61 Å². The Morgan fingerprint density at radius 1 is 1.03 bits per heavy atom. The normalized spacial score (nSPS) is 12.4. The third-order valence-corrected chi connectivity index (χ3v) is 7.17. The molecule has 0 unspecified atom stereocenters. The Hall–Kier alpha value is -2.71. The molecule has 0 saturated carbocycles. The van der Waals surface area contributed by atoms with Crippen molar-refractivity contribution in [3.05, 3.63) is 59.7 Å². The summed E-state index contributed by atoms with van der Waals surface area (Å²) in [5, 5.41) is 2.68. The Labute approximate surface area is 184 Å². The van der Waals surface area contributed by atoms with E-state index in [1.165, 1.54) is 34.1 Å². The molecule has 0 saturated heterocycles. The van der Waals surface area contributed by atoms with E-state index in [4.69, 9.17) is 4.74 Å². The van der Waals surface area contributed by atoms with Gasteiger partial charge in [-0.1, -0.05) is 45.9 Å². The van der Waals surface area contributed by atoms with Crippen molar-refractivity contribution >= 4 is 27.6 Å². The Bertz CT molecular complexity index is 999. The summed E-state index contributed by atoms with van der Waals surface area (Å²) >= 11 is 0. The fraction of sp³-hybridized carbons (Fsp3) is 0.391. The van der Waals surface area contributed by atoms with Crippen LogP contribution in [0.2, 0.25) is 0 Å². The number of nitrogens with one attached hydrogen (secondary N) is 1. The van der Waals surface area contributed by atoms with Gasteiger partial charge in [-0.2, -0.15) is 4.31 Å². The molecule has 1 N–H and O–H groups in total. The number of rotatable bonds is 10. The third-order valence-electron chi connectivity index (χ3n) is 5.12. The highest BCUT2D eigenvalue weighted by atomic mass is 32.2. The quantitative estimate of drug-likeness (QED) is 0.556. The van der Waals surface area contributed by atoms with Crippen LogP contribution in [0.4, 0.5) is 5.69 Å². The zero-order valence-electron chi connectivity index (χ0n) is 18.4. The second-order valence-corrected chi connectivity index (χ2v) is 9.11. The number of amides is 1. The van der Waals surface area contributed by atoms with Crippen molar-refractivity contribution in [2.24, 2.45) is 0 Å². The van der Waals surface area contributed by atoms with Gasteiger partial charge in [-0.3, -0.25) is 4.79 Å². The highest BCUT2D eigenvalue weighted by Gasteiger charge is 2.23. The van der Waals surface area contributed by atoms with E-state index in [1.54, 1.807) is 13.8 Å². The van der Waals surface area contributed by atoms with Gasteiger partial charge in [0.2, 0.25) is 10.0 Å². The number of carbonyl (C=O) groups is 2. The van der Waals surface area contributed by atoms with Crippen LogP contribution in [-0.2, 0) is 19.6 Å². The summed E-state index contributed by atoms with van der Waals surface area (Å²) in [6.45, 7) is 7.92. The Balaban J connectivity index is 1.99. The van der Waals surface area contributed by atoms with Gasteiger partial charge in [-0.25, -0.2) is 13.2 Å². The molecule has 0 bridgehead atoms. The Kier molecular flexibility index (Phi) is 8.76. The fourth-order valence-electron chi connectivity index (χ4n) is 3.04. The minimum atomic E-state index is -3.69. The molecule has 0 aromatic heterocycles. The maximum absolute atomic E-state index is 12.6. The molecule has 1 atom stereocenters. The highest BCUT2D eigenvalue weighted by molar-refractivity contribution is 7.89. The number of hydrogen-bond donors (Lipinski definition) is 1.